The molecule has 1 unspecified atom stereocenters. The fourth-order valence-corrected chi connectivity index (χ4v) is 3.01. The van der Waals surface area contributed by atoms with Gasteiger partial charge in [-0.1, -0.05) is 6.92 Å². The fraction of sp³-hybridized carbons (Fsp3) is 0.533. The van der Waals surface area contributed by atoms with Crippen LogP contribution in [0.25, 0.3) is 0 Å². The second-order valence-electron chi connectivity index (χ2n) is 5.49. The number of aromatic nitrogens is 1. The van der Waals surface area contributed by atoms with Crippen molar-refractivity contribution in [2.75, 3.05) is 11.4 Å². The Balaban J connectivity index is 1.93. The van der Waals surface area contributed by atoms with Crippen LogP contribution in [-0.4, -0.2) is 34.4 Å². The minimum Gasteiger partial charge on any atom is -0.312 e. The van der Waals surface area contributed by atoms with Crippen molar-refractivity contribution in [3.63, 3.8) is 0 Å². The second-order valence-corrected chi connectivity index (χ2v) is 5.49. The summed E-state index contributed by atoms with van der Waals surface area (Å²) >= 11 is 0. The molecular weight excluding hydrogens is 254 g/mol. The first-order chi connectivity index (χ1) is 9.63. The maximum Gasteiger partial charge on any atom is 0.333 e. The Labute approximate surface area is 118 Å². The van der Waals surface area contributed by atoms with Gasteiger partial charge in [0.05, 0.1) is 0 Å². The summed E-state index contributed by atoms with van der Waals surface area (Å²) in [4.78, 5) is 31.9. The van der Waals surface area contributed by atoms with Crippen molar-refractivity contribution in [3.05, 3.63) is 23.4 Å². The van der Waals surface area contributed by atoms with Crippen LogP contribution in [0.1, 0.15) is 37.8 Å². The Kier molecular flexibility index (Phi) is 3.20. The Hall–Kier alpha value is -1.91. The summed E-state index contributed by atoms with van der Waals surface area (Å²) in [6.07, 6.45) is 5.83. The highest BCUT2D eigenvalue weighted by Crippen LogP contribution is 2.28. The van der Waals surface area contributed by atoms with Crippen LogP contribution in [0, 0.1) is 0 Å². The van der Waals surface area contributed by atoms with E-state index < -0.39 is 6.04 Å². The zero-order chi connectivity index (χ0) is 14.3. The molecule has 0 N–H and O–H groups in total. The molecule has 1 atom stereocenters. The van der Waals surface area contributed by atoms with Crippen LogP contribution in [0.5, 0.6) is 0 Å². The molecule has 1 saturated heterocycles. The van der Waals surface area contributed by atoms with Crippen LogP contribution in [0.2, 0.25) is 0 Å². The van der Waals surface area contributed by atoms with E-state index >= 15 is 0 Å². The summed E-state index contributed by atoms with van der Waals surface area (Å²) in [5.74, 6) is 0.306. The lowest BCUT2D eigenvalue weighted by Crippen LogP contribution is -2.34. The lowest BCUT2D eigenvalue weighted by Gasteiger charge is -2.18. The van der Waals surface area contributed by atoms with Crippen LogP contribution < -0.4 is 4.90 Å². The maximum atomic E-state index is 12.4. The average Bonchev–Trinajstić information content (AvgIpc) is 2.98. The van der Waals surface area contributed by atoms with Crippen molar-refractivity contribution in [3.8, 4) is 0 Å². The third kappa shape index (κ3) is 1.88. The van der Waals surface area contributed by atoms with E-state index in [4.69, 9.17) is 0 Å². The Morgan fingerprint density at radius 3 is 2.80 bits per heavy atom. The number of hydrogen-bond donors (Lipinski definition) is 0. The molecule has 1 fully saturated rings. The first-order valence-corrected chi connectivity index (χ1v) is 7.26. The Bertz CT molecular complexity index is 570. The molecule has 2 heterocycles. The van der Waals surface area contributed by atoms with Gasteiger partial charge in [0.25, 0.3) is 5.91 Å². The standard InChI is InChI=1S/C15H19N3O2/c1-3-7-17-10(2)14(19)18(15(17)20)13-8-11-5-4-6-12(11)9-16-13/h8-10H,3-7H2,1-2H3. The molecule has 1 aliphatic carbocycles. The predicted molar refractivity (Wildman–Crippen MR) is 75.6 cm³/mol. The largest absolute Gasteiger partial charge is 0.333 e. The van der Waals surface area contributed by atoms with Crippen molar-refractivity contribution >= 4 is 17.8 Å². The van der Waals surface area contributed by atoms with Gasteiger partial charge in [0, 0.05) is 12.7 Å². The second kappa shape index (κ2) is 4.89. The van der Waals surface area contributed by atoms with Crippen LogP contribution >= 0.6 is 0 Å². The number of anilines is 1. The number of amides is 3. The highest BCUT2D eigenvalue weighted by atomic mass is 16.2. The molecule has 1 aromatic heterocycles. The molecule has 1 aromatic rings. The molecule has 3 rings (SSSR count). The van der Waals surface area contributed by atoms with Crippen molar-refractivity contribution in [1.29, 1.82) is 0 Å². The summed E-state index contributed by atoms with van der Waals surface area (Å²) in [5.41, 5.74) is 2.46. The smallest absolute Gasteiger partial charge is 0.312 e. The average molecular weight is 273 g/mol. The third-order valence-corrected chi connectivity index (χ3v) is 4.14. The summed E-state index contributed by atoms with van der Waals surface area (Å²) in [7, 11) is 0. The number of hydrogen-bond acceptors (Lipinski definition) is 3. The predicted octanol–water partition coefficient (Wildman–Crippen LogP) is 2.14. The highest BCUT2D eigenvalue weighted by molar-refractivity contribution is 6.20. The maximum absolute atomic E-state index is 12.4. The summed E-state index contributed by atoms with van der Waals surface area (Å²) in [5, 5.41) is 0. The van der Waals surface area contributed by atoms with Gasteiger partial charge in [0.1, 0.15) is 11.9 Å². The van der Waals surface area contributed by atoms with E-state index in [0.29, 0.717) is 12.4 Å². The number of urea groups is 1. The molecule has 1 aliphatic heterocycles. The van der Waals surface area contributed by atoms with Crippen molar-refractivity contribution in [1.82, 2.24) is 9.88 Å². The third-order valence-electron chi connectivity index (χ3n) is 4.14. The zero-order valence-corrected chi connectivity index (χ0v) is 11.9. The van der Waals surface area contributed by atoms with Crippen molar-refractivity contribution < 1.29 is 9.59 Å². The van der Waals surface area contributed by atoms with Gasteiger partial charge in [0.15, 0.2) is 0 Å². The van der Waals surface area contributed by atoms with Crippen molar-refractivity contribution in [2.45, 2.75) is 45.6 Å². The number of aryl methyl sites for hydroxylation is 2. The number of fused-ring (bicyclic) bond motifs is 1. The fourth-order valence-electron chi connectivity index (χ4n) is 3.01. The van der Waals surface area contributed by atoms with E-state index in [0.717, 1.165) is 25.7 Å². The Morgan fingerprint density at radius 2 is 2.05 bits per heavy atom. The van der Waals surface area contributed by atoms with Crippen LogP contribution in [0.15, 0.2) is 12.3 Å². The molecule has 3 amide bonds. The lowest BCUT2D eigenvalue weighted by molar-refractivity contribution is -0.119. The Morgan fingerprint density at radius 1 is 1.30 bits per heavy atom. The molecule has 20 heavy (non-hydrogen) atoms. The van der Waals surface area contributed by atoms with Crippen LogP contribution in [0.3, 0.4) is 0 Å². The van der Waals surface area contributed by atoms with Gasteiger partial charge in [-0.15, -0.1) is 0 Å². The summed E-state index contributed by atoms with van der Waals surface area (Å²) in [6.45, 7) is 4.39. The zero-order valence-electron chi connectivity index (χ0n) is 11.9. The van der Waals surface area contributed by atoms with Gasteiger partial charge in [-0.25, -0.2) is 14.7 Å². The van der Waals surface area contributed by atoms with Crippen LogP contribution in [0.4, 0.5) is 10.6 Å². The SMILES string of the molecule is CCCN1C(=O)N(c2cc3c(cn2)CCC3)C(=O)C1C. The number of rotatable bonds is 3. The van der Waals surface area contributed by atoms with E-state index in [-0.39, 0.29) is 11.9 Å². The lowest BCUT2D eigenvalue weighted by atomic mass is 10.2. The molecule has 5 heteroatoms. The van der Waals surface area contributed by atoms with E-state index in [1.807, 2.05) is 19.2 Å². The van der Waals surface area contributed by atoms with Gasteiger partial charge >= 0.3 is 6.03 Å². The van der Waals surface area contributed by atoms with Crippen molar-refractivity contribution in [2.24, 2.45) is 0 Å². The molecule has 0 bridgehead atoms. The van der Waals surface area contributed by atoms with E-state index in [1.165, 1.54) is 16.0 Å². The first kappa shape index (κ1) is 13.1. The van der Waals surface area contributed by atoms with Gasteiger partial charge in [0.2, 0.25) is 0 Å². The molecule has 0 spiro atoms. The normalized spacial score (nSPS) is 21.8. The summed E-state index contributed by atoms with van der Waals surface area (Å²) in [6, 6.07) is 1.27. The molecule has 106 valence electrons. The molecule has 0 saturated carbocycles. The van der Waals surface area contributed by atoms with Gasteiger partial charge in [-0.2, -0.15) is 0 Å². The van der Waals surface area contributed by atoms with Gasteiger partial charge < -0.3 is 4.90 Å². The summed E-state index contributed by atoms with van der Waals surface area (Å²) < 4.78 is 0. The highest BCUT2D eigenvalue weighted by Gasteiger charge is 2.43. The first-order valence-electron chi connectivity index (χ1n) is 7.26. The minimum absolute atomic E-state index is 0.172. The minimum atomic E-state index is -0.391. The molecule has 0 radical (unpaired) electrons. The number of imide groups is 1. The number of nitrogens with zero attached hydrogens (tertiary/aromatic N) is 3. The molecule has 2 aliphatic rings. The van der Waals surface area contributed by atoms with E-state index in [9.17, 15) is 9.59 Å². The number of carbonyl (C=O) groups is 2. The topological polar surface area (TPSA) is 53.5 Å². The van der Waals surface area contributed by atoms with Gasteiger partial charge in [-0.3, -0.25) is 4.79 Å². The molecular formula is C15H19N3O2. The number of carbonyl (C=O) groups excluding carboxylic acids is 2. The van der Waals surface area contributed by atoms with Crippen LogP contribution in [-0.2, 0) is 17.6 Å². The van der Waals surface area contributed by atoms with E-state index in [2.05, 4.69) is 4.98 Å². The monoisotopic (exact) mass is 273 g/mol. The molecule has 5 nitrogen and oxygen atoms in total. The molecule has 0 aromatic carbocycles. The van der Waals surface area contributed by atoms with Gasteiger partial charge in [-0.05, 0) is 49.8 Å². The number of pyridine rings is 1. The van der Waals surface area contributed by atoms with E-state index in [1.54, 1.807) is 11.8 Å². The quantitative estimate of drug-likeness (QED) is 0.793.